The van der Waals surface area contributed by atoms with E-state index in [0.717, 1.165) is 24.9 Å². The molecule has 0 bridgehead atoms. The Kier molecular flexibility index (Phi) is 7.66. The average molecular weight is 377 g/mol. The molecule has 1 aromatic carbocycles. The molecule has 1 N–H and O–H groups in total. The molecule has 136 valence electrons. The van der Waals surface area contributed by atoms with Crippen molar-refractivity contribution in [2.24, 2.45) is 5.92 Å². The number of piperidine rings is 1. The van der Waals surface area contributed by atoms with Crippen molar-refractivity contribution in [3.63, 3.8) is 0 Å². The second kappa shape index (κ2) is 8.80. The molecular weight excluding hydrogens is 352 g/mol. The van der Waals surface area contributed by atoms with E-state index in [-0.39, 0.29) is 28.8 Å². The number of nitrogens with one attached hydrogen (secondary N) is 1. The highest BCUT2D eigenvalue weighted by atomic mass is 35.5. The molecule has 0 radical (unpaired) electrons. The molecule has 1 aromatic rings. The van der Waals surface area contributed by atoms with Crippen molar-refractivity contribution >= 4 is 28.4 Å². The Morgan fingerprint density at radius 1 is 1.42 bits per heavy atom. The summed E-state index contributed by atoms with van der Waals surface area (Å²) in [5.41, 5.74) is 0.916. The van der Waals surface area contributed by atoms with Gasteiger partial charge in [-0.1, -0.05) is 11.6 Å². The fourth-order valence-corrected chi connectivity index (χ4v) is 4.69. The molecule has 1 fully saturated rings. The van der Waals surface area contributed by atoms with Gasteiger partial charge in [0.05, 0.1) is 17.6 Å². The summed E-state index contributed by atoms with van der Waals surface area (Å²) in [7, 11) is -0.592. The maximum absolute atomic E-state index is 13.0. The first-order valence-corrected chi connectivity index (χ1v) is 9.18. The summed E-state index contributed by atoms with van der Waals surface area (Å²) >= 11 is 0. The molecular formula is C16H25ClN2O4S. The molecule has 1 atom stereocenters. The minimum absolute atomic E-state index is 0. The smallest absolute Gasteiger partial charge is 0.339 e. The Hall–Kier alpha value is -1.15. The number of ether oxygens (including phenoxy) is 1. The predicted octanol–water partition coefficient (Wildman–Crippen LogP) is 1.82. The summed E-state index contributed by atoms with van der Waals surface area (Å²) in [5.74, 6) is -0.341. The second-order valence-electron chi connectivity index (χ2n) is 5.92. The molecule has 1 unspecified atom stereocenters. The van der Waals surface area contributed by atoms with Gasteiger partial charge in [-0.2, -0.15) is 4.31 Å². The molecule has 8 heteroatoms. The van der Waals surface area contributed by atoms with E-state index in [4.69, 9.17) is 4.74 Å². The largest absolute Gasteiger partial charge is 0.465 e. The summed E-state index contributed by atoms with van der Waals surface area (Å²) in [4.78, 5) is 12.0. The Morgan fingerprint density at radius 3 is 2.75 bits per heavy atom. The van der Waals surface area contributed by atoms with Gasteiger partial charge in [0.25, 0.3) is 0 Å². The fourth-order valence-electron chi connectivity index (χ4n) is 2.98. The lowest BCUT2D eigenvalue weighted by Gasteiger charge is -2.32. The third-order valence-corrected chi connectivity index (χ3v) is 6.06. The van der Waals surface area contributed by atoms with Crippen LogP contribution in [0.5, 0.6) is 0 Å². The van der Waals surface area contributed by atoms with Crippen molar-refractivity contribution in [3.05, 3.63) is 29.3 Å². The van der Waals surface area contributed by atoms with Gasteiger partial charge < -0.3 is 10.1 Å². The van der Waals surface area contributed by atoms with Crippen LogP contribution in [0.25, 0.3) is 0 Å². The maximum Gasteiger partial charge on any atom is 0.339 e. The first-order chi connectivity index (χ1) is 10.9. The highest BCUT2D eigenvalue weighted by Gasteiger charge is 2.33. The third-order valence-electron chi connectivity index (χ3n) is 4.13. The Labute approximate surface area is 150 Å². The minimum atomic E-state index is -3.71. The molecule has 1 saturated heterocycles. The van der Waals surface area contributed by atoms with Crippen LogP contribution in [-0.2, 0) is 14.8 Å². The predicted molar refractivity (Wildman–Crippen MR) is 95.2 cm³/mol. The lowest BCUT2D eigenvalue weighted by molar-refractivity contribution is 0.0596. The lowest BCUT2D eigenvalue weighted by atomic mass is 10.00. The number of nitrogens with zero attached hydrogens (tertiary/aromatic N) is 1. The van der Waals surface area contributed by atoms with Gasteiger partial charge in [-0.3, -0.25) is 0 Å². The van der Waals surface area contributed by atoms with Crippen molar-refractivity contribution in [3.8, 4) is 0 Å². The van der Waals surface area contributed by atoms with Crippen LogP contribution in [-0.4, -0.2) is 52.5 Å². The fraction of sp³-hybridized carbons (Fsp3) is 0.562. The summed E-state index contributed by atoms with van der Waals surface area (Å²) in [6.45, 7) is 3.55. The van der Waals surface area contributed by atoms with E-state index in [2.05, 4.69) is 5.32 Å². The zero-order chi connectivity index (χ0) is 17.0. The topological polar surface area (TPSA) is 75.7 Å². The molecule has 24 heavy (non-hydrogen) atoms. The van der Waals surface area contributed by atoms with Crippen LogP contribution in [0.4, 0.5) is 0 Å². The number of rotatable bonds is 5. The highest BCUT2D eigenvalue weighted by molar-refractivity contribution is 7.89. The molecule has 0 aliphatic carbocycles. The van der Waals surface area contributed by atoms with Crippen molar-refractivity contribution in [1.29, 1.82) is 0 Å². The van der Waals surface area contributed by atoms with Crippen LogP contribution < -0.4 is 5.32 Å². The number of aryl methyl sites for hydroxylation is 1. The number of sulfonamides is 1. The molecule has 1 aliphatic rings. The van der Waals surface area contributed by atoms with Crippen LogP contribution in [0.15, 0.2) is 23.1 Å². The van der Waals surface area contributed by atoms with Gasteiger partial charge in [0.2, 0.25) is 10.0 Å². The van der Waals surface area contributed by atoms with Crippen LogP contribution in [0, 0.1) is 12.8 Å². The highest BCUT2D eigenvalue weighted by Crippen LogP contribution is 2.26. The van der Waals surface area contributed by atoms with Crippen molar-refractivity contribution < 1.29 is 17.9 Å². The van der Waals surface area contributed by atoms with Crippen LogP contribution in [0.2, 0.25) is 0 Å². The monoisotopic (exact) mass is 376 g/mol. The van der Waals surface area contributed by atoms with E-state index in [1.807, 2.05) is 14.0 Å². The Balaban J connectivity index is 0.00000288. The van der Waals surface area contributed by atoms with Gasteiger partial charge in [-0.05, 0) is 51.4 Å². The van der Waals surface area contributed by atoms with Crippen molar-refractivity contribution in [2.45, 2.75) is 24.7 Å². The number of benzene rings is 1. The molecule has 0 spiro atoms. The van der Waals surface area contributed by atoms with Gasteiger partial charge in [-0.15, -0.1) is 12.4 Å². The Bertz CT molecular complexity index is 677. The summed E-state index contributed by atoms with van der Waals surface area (Å²) in [6, 6.07) is 4.76. The van der Waals surface area contributed by atoms with E-state index in [1.54, 1.807) is 12.1 Å². The van der Waals surface area contributed by atoms with Gasteiger partial charge in [-0.25, -0.2) is 13.2 Å². The zero-order valence-electron chi connectivity index (χ0n) is 14.2. The number of hydrogen-bond acceptors (Lipinski definition) is 5. The number of hydrogen-bond donors (Lipinski definition) is 1. The van der Waals surface area contributed by atoms with Gasteiger partial charge in [0, 0.05) is 13.1 Å². The molecule has 0 aromatic heterocycles. The van der Waals surface area contributed by atoms with E-state index < -0.39 is 16.0 Å². The van der Waals surface area contributed by atoms with E-state index in [0.29, 0.717) is 13.1 Å². The number of methoxy groups -OCH3 is 1. The van der Waals surface area contributed by atoms with Crippen LogP contribution >= 0.6 is 12.4 Å². The number of carbonyl (C=O) groups is 1. The van der Waals surface area contributed by atoms with Crippen molar-refractivity contribution in [2.75, 3.05) is 33.8 Å². The van der Waals surface area contributed by atoms with Crippen LogP contribution in [0.1, 0.15) is 28.8 Å². The van der Waals surface area contributed by atoms with E-state index in [1.165, 1.54) is 17.5 Å². The zero-order valence-corrected chi connectivity index (χ0v) is 15.9. The standard InChI is InChI=1S/C16H24N2O4S.ClH/c1-12-6-7-15(14(9-12)16(19)22-3)23(20,21)18-8-4-5-13(11-18)10-17-2;/h6-7,9,13,17H,4-5,8,10-11H2,1-3H3;1H. The molecule has 0 amide bonds. The average Bonchev–Trinajstić information content (AvgIpc) is 2.54. The lowest BCUT2D eigenvalue weighted by Crippen LogP contribution is -2.42. The number of halogens is 1. The molecule has 0 saturated carbocycles. The minimum Gasteiger partial charge on any atom is -0.465 e. The van der Waals surface area contributed by atoms with E-state index >= 15 is 0 Å². The van der Waals surface area contributed by atoms with Gasteiger partial charge in [0.1, 0.15) is 0 Å². The number of carbonyl (C=O) groups excluding carboxylic acids is 1. The maximum atomic E-state index is 13.0. The first kappa shape index (κ1) is 20.9. The summed E-state index contributed by atoms with van der Waals surface area (Å²) < 4.78 is 32.2. The Morgan fingerprint density at radius 2 is 2.12 bits per heavy atom. The molecule has 1 aliphatic heterocycles. The second-order valence-corrected chi connectivity index (χ2v) is 7.83. The number of esters is 1. The normalized spacial score (nSPS) is 18.7. The third kappa shape index (κ3) is 4.47. The van der Waals surface area contributed by atoms with Crippen LogP contribution in [0.3, 0.4) is 0 Å². The molecule has 1 heterocycles. The van der Waals surface area contributed by atoms with Gasteiger partial charge >= 0.3 is 5.97 Å². The quantitative estimate of drug-likeness (QED) is 0.793. The molecule has 6 nitrogen and oxygen atoms in total. The van der Waals surface area contributed by atoms with Gasteiger partial charge in [0.15, 0.2) is 0 Å². The first-order valence-electron chi connectivity index (χ1n) is 7.74. The summed E-state index contributed by atoms with van der Waals surface area (Å²) in [5, 5.41) is 3.10. The van der Waals surface area contributed by atoms with Crippen molar-refractivity contribution in [1.82, 2.24) is 9.62 Å². The van der Waals surface area contributed by atoms with E-state index in [9.17, 15) is 13.2 Å². The summed E-state index contributed by atoms with van der Waals surface area (Å²) in [6.07, 6.45) is 1.83. The SMILES string of the molecule is CNCC1CCCN(S(=O)(=O)c2ccc(C)cc2C(=O)OC)C1.Cl. The molecule has 2 rings (SSSR count).